The number of carbonyl (C=O) groups is 1. The van der Waals surface area contributed by atoms with Crippen molar-refractivity contribution in [1.82, 2.24) is 9.88 Å². The Morgan fingerprint density at radius 1 is 1.46 bits per heavy atom. The number of rotatable bonds is 2. The Morgan fingerprint density at radius 3 is 2.81 bits per heavy atom. The van der Waals surface area contributed by atoms with E-state index < -0.39 is 71.6 Å². The summed E-state index contributed by atoms with van der Waals surface area (Å²) < 4.78 is 87.2. The first-order valence-electron chi connectivity index (χ1n) is 11.3. The minimum Gasteiger partial charge on any atom is -0.487 e. The largest absolute Gasteiger partial charge is 0.487 e. The highest BCUT2D eigenvalue weighted by atomic mass is 35.5. The zero-order valence-electron chi connectivity index (χ0n) is 21.3. The number of aromatic nitrogens is 1. The summed E-state index contributed by atoms with van der Waals surface area (Å²) in [4.78, 5) is 24.2. The number of anilines is 1. The van der Waals surface area contributed by atoms with Crippen LogP contribution in [0.25, 0.3) is 10.9 Å². The number of hydrogen-bond acceptors (Lipinski definition) is 5. The van der Waals surface area contributed by atoms with Gasteiger partial charge in [0, 0.05) is 37.7 Å². The first-order valence-corrected chi connectivity index (χ1v) is 7.33. The van der Waals surface area contributed by atoms with Crippen molar-refractivity contribution >= 4 is 35.0 Å². The smallest absolute Gasteiger partial charge is 0.341 e. The molecule has 2 N–H and O–H groups in total. The first kappa shape index (κ1) is 10.7. The van der Waals surface area contributed by atoms with Gasteiger partial charge in [0.15, 0.2) is 11.6 Å². The monoisotopic (exact) mass is 391 g/mol. The van der Waals surface area contributed by atoms with E-state index in [4.69, 9.17) is 15.7 Å². The Morgan fingerprint density at radius 2 is 2.15 bits per heavy atom. The van der Waals surface area contributed by atoms with Crippen molar-refractivity contribution in [1.29, 1.82) is 0 Å². The molecule has 4 rings (SSSR count). The van der Waals surface area contributed by atoms with E-state index in [2.05, 4.69) is 0 Å². The van der Waals surface area contributed by atoms with Crippen molar-refractivity contribution in [2.75, 3.05) is 37.5 Å². The molecule has 7 nitrogen and oxygen atoms in total. The number of carboxylic acids is 1. The maximum absolute atomic E-state index is 15.5. The maximum Gasteiger partial charge on any atom is 0.341 e. The molecule has 0 bridgehead atoms. The van der Waals surface area contributed by atoms with Gasteiger partial charge in [0.2, 0.25) is 5.43 Å². The number of carboxylic acid groups (broad SMARTS) is 1. The number of piperazine rings is 1. The third-order valence-electron chi connectivity index (χ3n) is 4.06. The van der Waals surface area contributed by atoms with Crippen molar-refractivity contribution < 1.29 is 30.0 Å². The van der Waals surface area contributed by atoms with Gasteiger partial charge in [0.25, 0.3) is 0 Å². The molecular weight excluding hydrogens is 365 g/mol. The van der Waals surface area contributed by atoms with Gasteiger partial charge in [-0.1, -0.05) is 0 Å². The molecule has 9 heteroatoms. The number of halogens is 2. The van der Waals surface area contributed by atoms with Crippen LogP contribution in [-0.4, -0.2) is 48.2 Å². The van der Waals surface area contributed by atoms with Crippen molar-refractivity contribution in [3.8, 4) is 5.75 Å². The molecule has 0 spiro atoms. The summed E-state index contributed by atoms with van der Waals surface area (Å²) in [7, 11) is 0. The van der Waals surface area contributed by atoms with E-state index >= 15 is 4.39 Å². The summed E-state index contributed by atoms with van der Waals surface area (Å²) >= 11 is 0. The van der Waals surface area contributed by atoms with Gasteiger partial charge in [-0.15, -0.1) is 12.4 Å². The predicted octanol–water partition coefficient (Wildman–Crippen LogP) is 1.62. The molecule has 0 saturated carbocycles. The summed E-state index contributed by atoms with van der Waals surface area (Å²) in [6.07, 6.45) is 1.02. The quantitative estimate of drug-likeness (QED) is 0.809. The Hall–Kier alpha value is -2.32. The van der Waals surface area contributed by atoms with E-state index in [9.17, 15) is 14.7 Å². The highest BCUT2D eigenvalue weighted by Gasteiger charge is 2.30. The summed E-state index contributed by atoms with van der Waals surface area (Å²) in [5.74, 6) is -3.50. The maximum atomic E-state index is 15.5. The fourth-order valence-corrected chi connectivity index (χ4v) is 2.91. The van der Waals surface area contributed by atoms with Crippen molar-refractivity contribution in [3.63, 3.8) is 0 Å². The van der Waals surface area contributed by atoms with Crippen LogP contribution in [0.5, 0.6) is 5.75 Å². The predicted molar refractivity (Wildman–Crippen MR) is 97.7 cm³/mol. The van der Waals surface area contributed by atoms with Crippen molar-refractivity contribution in [2.45, 2.75) is 13.0 Å². The number of nitrogens with zero attached hydrogens (tertiary/aromatic N) is 2. The summed E-state index contributed by atoms with van der Waals surface area (Å²) in [6, 6.07) is 0.0478. The number of ether oxygens (including phenoxy) is 1. The molecule has 1 aromatic heterocycles. The highest BCUT2D eigenvalue weighted by Crippen LogP contribution is 2.41. The molecule has 3 heterocycles. The van der Waals surface area contributed by atoms with E-state index in [1.165, 1.54) is 4.57 Å². The van der Waals surface area contributed by atoms with E-state index in [1.54, 1.807) is 12.2 Å². The van der Waals surface area contributed by atoms with Gasteiger partial charge in [-0.2, -0.15) is 0 Å². The fraction of sp³-hybridized carbons (Fsp3) is 0.412. The Balaban J connectivity index is 0.00000324. The summed E-state index contributed by atoms with van der Waals surface area (Å²) in [6.45, 7) is -11.6. The molecule has 26 heavy (non-hydrogen) atoms. The van der Waals surface area contributed by atoms with Crippen LogP contribution in [0.3, 0.4) is 0 Å². The van der Waals surface area contributed by atoms with Crippen LogP contribution in [0.1, 0.15) is 34.3 Å². The molecule has 2 aliphatic rings. The lowest BCUT2D eigenvalue weighted by molar-refractivity contribution is 0.0694. The van der Waals surface area contributed by atoms with E-state index in [0.717, 1.165) is 6.20 Å². The van der Waals surface area contributed by atoms with Crippen LogP contribution in [0.2, 0.25) is 0 Å². The lowest BCUT2D eigenvalue weighted by Crippen LogP contribution is -2.44. The zero-order chi connectivity index (χ0) is 24.9. The Labute approximate surface area is 166 Å². The second kappa shape index (κ2) is 6.77. The van der Waals surface area contributed by atoms with E-state index in [-0.39, 0.29) is 29.4 Å². The lowest BCUT2D eigenvalue weighted by atomic mass is 10.1. The molecule has 0 aliphatic carbocycles. The molecule has 1 saturated heterocycles. The molecule has 1 aromatic carbocycles. The van der Waals surface area contributed by atoms with Crippen LogP contribution >= 0.6 is 12.4 Å². The molecule has 2 aromatic rings. The topological polar surface area (TPSA) is 83.8 Å². The van der Waals surface area contributed by atoms with E-state index in [0.29, 0.717) is 6.07 Å². The third kappa shape index (κ3) is 2.69. The van der Waals surface area contributed by atoms with Crippen LogP contribution in [0, 0.1) is 5.82 Å². The molecule has 2 aliphatic heterocycles. The summed E-state index contributed by atoms with van der Waals surface area (Å²) in [5, 5.41) is 10.6. The first-order chi connectivity index (χ1) is 15.0. The van der Waals surface area contributed by atoms with Gasteiger partial charge in [0.1, 0.15) is 17.9 Å². The number of nitrogens with one attached hydrogen (secondary N) is 1. The second-order valence-electron chi connectivity index (χ2n) is 5.61. The average molecular weight is 392 g/mol. The second-order valence-corrected chi connectivity index (χ2v) is 5.61. The molecule has 0 amide bonds. The molecule has 1 fully saturated rings. The van der Waals surface area contributed by atoms with Crippen LogP contribution in [0.4, 0.5) is 10.1 Å². The third-order valence-corrected chi connectivity index (χ3v) is 4.06. The van der Waals surface area contributed by atoms with E-state index in [1.807, 2.05) is 0 Å². The van der Waals surface area contributed by atoms with Gasteiger partial charge >= 0.3 is 5.97 Å². The standard InChI is InChI=1S/C17H18FN3O4.ClH/c1-9-8-25-16-13-10(15(22)11(17(23)24)7-21(9)13)6-12(18)14(16)20-4-2-19-3-5-20;/h6-7,9,19H,2-5,8H2,1H3,(H,23,24);1H/i2D2,3D2,4D2,5D2;. The average Bonchev–Trinajstić information content (AvgIpc) is 2.65. The zero-order valence-corrected chi connectivity index (χ0v) is 14.1. The van der Waals surface area contributed by atoms with Crippen LogP contribution in [0.15, 0.2) is 17.1 Å². The minimum absolute atomic E-state index is 0. The number of pyridine rings is 1. The van der Waals surface area contributed by atoms with Crippen LogP contribution in [-0.2, 0) is 0 Å². The molecule has 140 valence electrons. The summed E-state index contributed by atoms with van der Waals surface area (Å²) in [5.41, 5.74) is -2.77. The van der Waals surface area contributed by atoms with Gasteiger partial charge in [-0.25, -0.2) is 9.18 Å². The number of aromatic carboxylic acids is 1. The van der Waals surface area contributed by atoms with Gasteiger partial charge < -0.3 is 24.6 Å². The van der Waals surface area contributed by atoms with Gasteiger partial charge in [-0.3, -0.25) is 4.79 Å². The van der Waals surface area contributed by atoms with Crippen LogP contribution < -0.4 is 20.4 Å². The molecular formula is C17H19ClFN3O4. The van der Waals surface area contributed by atoms with Crippen molar-refractivity contribution in [3.05, 3.63) is 33.9 Å². The Bertz CT molecular complexity index is 1250. The van der Waals surface area contributed by atoms with Crippen molar-refractivity contribution in [2.24, 2.45) is 0 Å². The fourth-order valence-electron chi connectivity index (χ4n) is 2.91. The molecule has 0 radical (unpaired) electrons. The van der Waals surface area contributed by atoms with Gasteiger partial charge in [-0.05, 0) is 13.0 Å². The Kier molecular flexibility index (Phi) is 2.80. The normalized spacial score (nSPS) is 31.3. The van der Waals surface area contributed by atoms with Gasteiger partial charge in [0.05, 0.1) is 22.4 Å². The lowest BCUT2D eigenvalue weighted by Gasteiger charge is -2.34. The minimum atomic E-state index is -3.34. The SMILES string of the molecule is Cl.[2H]C1([2H])NC([2H])([2H])C([2H])([2H])N(c2c(F)cc3c(=O)c(C(=O)O)cn4c3c2OCC4C)C1([2H])[2H]. The number of benzene rings is 1. The highest BCUT2D eigenvalue weighted by molar-refractivity contribution is 5.97. The molecule has 1 unspecified atom stereocenters. The number of hydrogen-bond donors (Lipinski definition) is 2. The molecule has 1 atom stereocenters.